The molecule has 16 heavy (non-hydrogen) atoms. The fourth-order valence-corrected chi connectivity index (χ4v) is 1.65. The largest absolute Gasteiger partial charge is 0.284 e. The first-order chi connectivity index (χ1) is 7.56. The van der Waals surface area contributed by atoms with Crippen molar-refractivity contribution in [3.05, 3.63) is 63.8 Å². The Labute approximate surface area is 93.0 Å². The quantitative estimate of drug-likeness (QED) is 0.719. The summed E-state index contributed by atoms with van der Waals surface area (Å²) in [6.07, 6.45) is 1.70. The molecule has 0 aliphatic rings. The maximum Gasteiger partial charge on any atom is 0.255 e. The van der Waals surface area contributed by atoms with Gasteiger partial charge in [-0.2, -0.15) is 0 Å². The molecule has 0 saturated carbocycles. The van der Waals surface area contributed by atoms with Crippen molar-refractivity contribution < 1.29 is 4.39 Å². The van der Waals surface area contributed by atoms with Crippen molar-refractivity contribution in [2.24, 2.45) is 0 Å². The summed E-state index contributed by atoms with van der Waals surface area (Å²) in [6.45, 7) is 3.69. The molecular formula is C13H12FNO. The standard InChI is InChI=1S/C13H12FNO/c1-9-3-4-13(16)15(8-9)12-6-10(2)5-11(14)7-12/h3-8H,1-2H3. The third kappa shape index (κ3) is 2.03. The molecule has 1 heterocycles. The number of aromatic nitrogens is 1. The molecule has 2 rings (SSSR count). The number of hydrogen-bond acceptors (Lipinski definition) is 1. The van der Waals surface area contributed by atoms with Crippen LogP contribution in [0.1, 0.15) is 11.1 Å². The zero-order valence-electron chi connectivity index (χ0n) is 9.20. The van der Waals surface area contributed by atoms with Gasteiger partial charge in [0.15, 0.2) is 0 Å². The predicted octanol–water partition coefficient (Wildman–Crippen LogP) is 2.59. The van der Waals surface area contributed by atoms with Gasteiger partial charge < -0.3 is 0 Å². The molecule has 0 aliphatic heterocycles. The van der Waals surface area contributed by atoms with E-state index in [-0.39, 0.29) is 11.4 Å². The van der Waals surface area contributed by atoms with E-state index in [1.807, 2.05) is 6.92 Å². The normalized spacial score (nSPS) is 10.4. The first-order valence-corrected chi connectivity index (χ1v) is 5.03. The van der Waals surface area contributed by atoms with Gasteiger partial charge in [-0.05, 0) is 43.2 Å². The van der Waals surface area contributed by atoms with Gasteiger partial charge in [0.1, 0.15) is 5.82 Å². The number of pyridine rings is 1. The highest BCUT2D eigenvalue weighted by atomic mass is 19.1. The van der Waals surface area contributed by atoms with Crippen LogP contribution in [0.3, 0.4) is 0 Å². The number of nitrogens with zero attached hydrogens (tertiary/aromatic N) is 1. The Kier molecular flexibility index (Phi) is 2.60. The van der Waals surface area contributed by atoms with E-state index in [0.717, 1.165) is 11.1 Å². The third-order valence-corrected chi connectivity index (χ3v) is 2.36. The SMILES string of the molecule is Cc1cc(F)cc(-n2cc(C)ccc2=O)c1. The smallest absolute Gasteiger partial charge is 0.255 e. The molecular weight excluding hydrogens is 205 g/mol. The number of halogens is 1. The van der Waals surface area contributed by atoms with Gasteiger partial charge in [0.05, 0.1) is 5.69 Å². The molecule has 0 bridgehead atoms. The van der Waals surface area contributed by atoms with Crippen molar-refractivity contribution in [3.63, 3.8) is 0 Å². The van der Waals surface area contributed by atoms with E-state index < -0.39 is 0 Å². The molecule has 0 atom stereocenters. The van der Waals surface area contributed by atoms with Gasteiger partial charge in [-0.25, -0.2) is 4.39 Å². The Morgan fingerprint density at radius 3 is 2.50 bits per heavy atom. The summed E-state index contributed by atoms with van der Waals surface area (Å²) in [5, 5.41) is 0. The molecule has 0 saturated heterocycles. The third-order valence-electron chi connectivity index (χ3n) is 2.36. The van der Waals surface area contributed by atoms with Crippen LogP contribution in [0.25, 0.3) is 5.69 Å². The van der Waals surface area contributed by atoms with Crippen molar-refractivity contribution in [1.29, 1.82) is 0 Å². The van der Waals surface area contributed by atoms with Gasteiger partial charge in [-0.1, -0.05) is 6.07 Å². The Morgan fingerprint density at radius 1 is 1.06 bits per heavy atom. The number of aryl methyl sites for hydroxylation is 2. The summed E-state index contributed by atoms with van der Waals surface area (Å²) < 4.78 is 14.7. The average molecular weight is 217 g/mol. The van der Waals surface area contributed by atoms with Crippen LogP contribution in [0.15, 0.2) is 41.3 Å². The van der Waals surface area contributed by atoms with Crippen LogP contribution in [0.2, 0.25) is 0 Å². The summed E-state index contributed by atoms with van der Waals surface area (Å²) in [7, 11) is 0. The average Bonchev–Trinajstić information content (AvgIpc) is 2.20. The van der Waals surface area contributed by atoms with Crippen LogP contribution in [0, 0.1) is 19.7 Å². The van der Waals surface area contributed by atoms with Gasteiger partial charge in [-0.15, -0.1) is 0 Å². The summed E-state index contributed by atoms with van der Waals surface area (Å²) in [5.41, 5.74) is 2.16. The Balaban J connectivity index is 2.67. The topological polar surface area (TPSA) is 22.0 Å². The molecule has 1 aromatic heterocycles. The molecule has 2 aromatic rings. The van der Waals surface area contributed by atoms with E-state index in [0.29, 0.717) is 5.69 Å². The molecule has 0 fully saturated rings. The monoisotopic (exact) mass is 217 g/mol. The highest BCUT2D eigenvalue weighted by molar-refractivity contribution is 5.37. The molecule has 0 unspecified atom stereocenters. The van der Waals surface area contributed by atoms with E-state index in [4.69, 9.17) is 0 Å². The highest BCUT2D eigenvalue weighted by Gasteiger charge is 2.02. The maximum absolute atomic E-state index is 13.2. The minimum atomic E-state index is -0.330. The van der Waals surface area contributed by atoms with Crippen LogP contribution in [-0.4, -0.2) is 4.57 Å². The second-order valence-electron chi connectivity index (χ2n) is 3.90. The van der Waals surface area contributed by atoms with Gasteiger partial charge in [0.25, 0.3) is 5.56 Å². The van der Waals surface area contributed by atoms with Gasteiger partial charge in [0, 0.05) is 12.3 Å². The second kappa shape index (κ2) is 3.93. The number of rotatable bonds is 1. The molecule has 1 aromatic carbocycles. The molecule has 0 amide bonds. The van der Waals surface area contributed by atoms with Crippen molar-refractivity contribution in [3.8, 4) is 5.69 Å². The van der Waals surface area contributed by atoms with Crippen molar-refractivity contribution in [2.45, 2.75) is 13.8 Å². The number of hydrogen-bond donors (Lipinski definition) is 0. The van der Waals surface area contributed by atoms with Gasteiger partial charge in [0.2, 0.25) is 0 Å². The van der Waals surface area contributed by atoms with E-state index in [1.165, 1.54) is 22.8 Å². The van der Waals surface area contributed by atoms with Crippen LogP contribution >= 0.6 is 0 Å². The predicted molar refractivity (Wildman–Crippen MR) is 61.5 cm³/mol. The van der Waals surface area contributed by atoms with Gasteiger partial charge >= 0.3 is 0 Å². The van der Waals surface area contributed by atoms with Gasteiger partial charge in [-0.3, -0.25) is 9.36 Å². The van der Waals surface area contributed by atoms with Crippen LogP contribution in [-0.2, 0) is 0 Å². The lowest BCUT2D eigenvalue weighted by Gasteiger charge is -2.07. The minimum absolute atomic E-state index is 0.157. The summed E-state index contributed by atoms with van der Waals surface area (Å²) in [6, 6.07) is 7.79. The molecule has 0 spiro atoms. The Hall–Kier alpha value is -1.90. The highest BCUT2D eigenvalue weighted by Crippen LogP contribution is 2.11. The lowest BCUT2D eigenvalue weighted by molar-refractivity contribution is 0.625. The molecule has 2 nitrogen and oxygen atoms in total. The van der Waals surface area contributed by atoms with Crippen molar-refractivity contribution in [1.82, 2.24) is 4.57 Å². The second-order valence-corrected chi connectivity index (χ2v) is 3.90. The summed E-state index contributed by atoms with van der Waals surface area (Å²) in [5.74, 6) is -0.330. The van der Waals surface area contributed by atoms with E-state index in [9.17, 15) is 9.18 Å². The fourth-order valence-electron chi connectivity index (χ4n) is 1.65. The minimum Gasteiger partial charge on any atom is -0.284 e. The zero-order valence-corrected chi connectivity index (χ0v) is 9.20. The Morgan fingerprint density at radius 2 is 1.81 bits per heavy atom. The number of benzene rings is 1. The van der Waals surface area contributed by atoms with Crippen molar-refractivity contribution in [2.75, 3.05) is 0 Å². The van der Waals surface area contributed by atoms with Crippen molar-refractivity contribution >= 4 is 0 Å². The summed E-state index contributed by atoms with van der Waals surface area (Å²) >= 11 is 0. The van der Waals surface area contributed by atoms with E-state index >= 15 is 0 Å². The molecule has 0 radical (unpaired) electrons. The Bertz CT molecular complexity index is 566. The first-order valence-electron chi connectivity index (χ1n) is 5.03. The lowest BCUT2D eigenvalue weighted by atomic mass is 10.2. The van der Waals surface area contributed by atoms with E-state index in [1.54, 1.807) is 25.3 Å². The van der Waals surface area contributed by atoms with Crippen LogP contribution in [0.4, 0.5) is 4.39 Å². The lowest BCUT2D eigenvalue weighted by Crippen LogP contribution is -2.16. The summed E-state index contributed by atoms with van der Waals surface area (Å²) in [4.78, 5) is 11.6. The molecule has 3 heteroatoms. The zero-order chi connectivity index (χ0) is 11.7. The maximum atomic E-state index is 13.2. The van der Waals surface area contributed by atoms with Crippen LogP contribution < -0.4 is 5.56 Å². The fraction of sp³-hybridized carbons (Fsp3) is 0.154. The molecule has 82 valence electrons. The molecule has 0 aliphatic carbocycles. The first kappa shape index (κ1) is 10.6. The van der Waals surface area contributed by atoms with E-state index in [2.05, 4.69) is 0 Å². The van der Waals surface area contributed by atoms with Crippen LogP contribution in [0.5, 0.6) is 0 Å². The molecule has 0 N–H and O–H groups in total.